The van der Waals surface area contributed by atoms with Crippen LogP contribution in [0.5, 0.6) is 0 Å². The highest BCUT2D eigenvalue weighted by Crippen LogP contribution is 2.63. The van der Waals surface area contributed by atoms with Gasteiger partial charge in [-0.3, -0.25) is 14.4 Å². The predicted molar refractivity (Wildman–Crippen MR) is 312 cm³/mol. The van der Waals surface area contributed by atoms with Crippen molar-refractivity contribution < 1.29 is 82.0 Å². The minimum absolute atomic E-state index is 0.0333. The van der Waals surface area contributed by atoms with E-state index in [1.54, 1.807) is 92.7 Å². The number of aliphatic hydroxyl groups is 3. The number of rotatable bonds is 27. The number of amides is 1. The van der Waals surface area contributed by atoms with Crippen LogP contribution in [0.4, 0.5) is 4.79 Å². The smallest absolute Gasteiger partial charge is 0.455 e. The number of Topliss-reactive ketones (excluding diaryl/α,β-unsaturated/α-hetero) is 1. The Morgan fingerprint density at radius 3 is 1.98 bits per heavy atom. The number of allylic oxidation sites excluding steroid dienone is 2. The zero-order chi connectivity index (χ0) is 60.9. The number of benzene rings is 3. The van der Waals surface area contributed by atoms with Crippen LogP contribution in [0.15, 0.2) is 114 Å². The van der Waals surface area contributed by atoms with Crippen molar-refractivity contribution in [3.8, 4) is 0 Å². The molecule has 8 rings (SSSR count). The van der Waals surface area contributed by atoms with E-state index in [1.807, 2.05) is 0 Å². The summed E-state index contributed by atoms with van der Waals surface area (Å²) in [7, 11) is 0. The van der Waals surface area contributed by atoms with Gasteiger partial charge in [0.05, 0.1) is 36.4 Å². The number of ether oxygens (including phenoxy) is 8. The quantitative estimate of drug-likeness (QED) is 0.0240. The molecule has 2 unspecified atom stereocenters. The minimum atomic E-state index is -2.45. The Kier molecular flexibility index (Phi) is 22.0. The monoisotopic (exact) mass is 1180 g/mol. The molecule has 462 valence electrons. The normalized spacial score (nSPS) is 29.2. The highest BCUT2D eigenvalue weighted by molar-refractivity contribution is 5.96. The summed E-state index contributed by atoms with van der Waals surface area (Å²) in [5.41, 5.74) is -7.56. The first-order chi connectivity index (χ1) is 40.7. The standard InChI is InChI=1S/C67H87NO17/c1-7-8-9-10-11-12-13-14-15-16-17-18-19-20-30-37-52-78-40-48(82-52)41-79-63(75)84-56(54(45-31-24-21-25-32-45)68-60(72)46-33-26-22-27-34-46)62(74)83-49-39-67(77)59(85-61(73)47-35-28-23-29-36-47)57-65(6,50(70)38-51-66(57,76)42-80-51)58(71)55(81-44(3)69)53(43(49)2)64(67,4)5/h14-15,21-29,31-36,48-52,54-57,59,70,76-77H,7-13,16-20,30,37-42H2,1-6H3,(H,68,72)/b15-14-/t48-,49+,50+,51-,52?,54+,55-,56-,57?,59+,65-,66+,67-/m1/s1. The molecule has 18 heteroatoms. The van der Waals surface area contributed by atoms with Crippen molar-refractivity contribution >= 4 is 35.8 Å². The second-order valence-corrected chi connectivity index (χ2v) is 24.3. The van der Waals surface area contributed by atoms with Crippen LogP contribution >= 0.6 is 0 Å². The Hall–Kier alpha value is -6.28. The van der Waals surface area contributed by atoms with Gasteiger partial charge in [0, 0.05) is 36.7 Å². The number of nitrogens with one attached hydrogen (secondary N) is 1. The molecule has 1 amide bonds. The van der Waals surface area contributed by atoms with Gasteiger partial charge < -0.3 is 58.5 Å². The van der Waals surface area contributed by atoms with Crippen LogP contribution < -0.4 is 5.32 Å². The fraction of sp³-hybridized carbons (Fsp3) is 0.582. The third-order valence-corrected chi connectivity index (χ3v) is 18.3. The maximum Gasteiger partial charge on any atom is 0.509 e. The van der Waals surface area contributed by atoms with Crippen molar-refractivity contribution in [2.75, 3.05) is 19.8 Å². The molecule has 4 N–H and O–H groups in total. The molecule has 85 heavy (non-hydrogen) atoms. The molecule has 2 heterocycles. The van der Waals surface area contributed by atoms with Gasteiger partial charge in [-0.05, 0) is 93.3 Å². The van der Waals surface area contributed by atoms with Crippen LogP contribution in [0.3, 0.4) is 0 Å². The van der Waals surface area contributed by atoms with Crippen molar-refractivity contribution in [2.45, 2.75) is 211 Å². The maximum atomic E-state index is 15.6. The molecule has 0 radical (unpaired) electrons. The maximum absolute atomic E-state index is 15.6. The number of esters is 3. The van der Waals surface area contributed by atoms with Crippen LogP contribution in [0.2, 0.25) is 0 Å². The predicted octanol–water partition coefficient (Wildman–Crippen LogP) is 10.1. The highest BCUT2D eigenvalue weighted by atomic mass is 16.8. The molecule has 0 aromatic heterocycles. The zero-order valence-corrected chi connectivity index (χ0v) is 50.1. The van der Waals surface area contributed by atoms with Crippen LogP contribution in [0, 0.1) is 16.7 Å². The molecule has 3 aromatic rings. The molecule has 2 bridgehead atoms. The van der Waals surface area contributed by atoms with Gasteiger partial charge in [0.2, 0.25) is 6.10 Å². The van der Waals surface area contributed by atoms with E-state index in [1.165, 1.54) is 64.5 Å². The van der Waals surface area contributed by atoms with Crippen molar-refractivity contribution in [1.29, 1.82) is 0 Å². The number of fused-ring (bicyclic) bond motifs is 5. The Morgan fingerprint density at radius 1 is 0.765 bits per heavy atom. The van der Waals surface area contributed by atoms with E-state index in [0.717, 1.165) is 51.9 Å². The lowest BCUT2D eigenvalue weighted by molar-refractivity contribution is -0.343. The first-order valence-electron chi connectivity index (χ1n) is 30.5. The van der Waals surface area contributed by atoms with Crippen molar-refractivity contribution in [2.24, 2.45) is 16.7 Å². The van der Waals surface area contributed by atoms with Crippen molar-refractivity contribution in [3.63, 3.8) is 0 Å². The average Bonchev–Trinajstić information content (AvgIpc) is 0.862. The number of hydrogen-bond donors (Lipinski definition) is 4. The number of unbranched alkanes of at least 4 members (excludes halogenated alkanes) is 11. The van der Waals surface area contributed by atoms with Gasteiger partial charge in [0.1, 0.15) is 42.2 Å². The van der Waals surface area contributed by atoms with E-state index in [-0.39, 0.29) is 48.5 Å². The lowest BCUT2D eigenvalue weighted by atomic mass is 9.44. The Bertz CT molecular complexity index is 2820. The summed E-state index contributed by atoms with van der Waals surface area (Å²) in [6, 6.07) is 22.8. The van der Waals surface area contributed by atoms with Crippen LogP contribution in [-0.2, 0) is 52.3 Å². The lowest BCUT2D eigenvalue weighted by Gasteiger charge is -2.66. The van der Waals surface area contributed by atoms with Gasteiger partial charge >= 0.3 is 24.1 Å². The van der Waals surface area contributed by atoms with Crippen LogP contribution in [0.25, 0.3) is 0 Å². The fourth-order valence-electron chi connectivity index (χ4n) is 13.3. The number of carbonyl (C=O) groups is 6. The van der Waals surface area contributed by atoms with Gasteiger partial charge in [0.15, 0.2) is 18.2 Å². The van der Waals surface area contributed by atoms with Crippen LogP contribution in [-0.4, -0.2) is 131 Å². The van der Waals surface area contributed by atoms with Gasteiger partial charge in [0.25, 0.3) is 5.91 Å². The van der Waals surface area contributed by atoms with E-state index in [0.29, 0.717) is 12.0 Å². The molecule has 3 aliphatic carbocycles. The minimum Gasteiger partial charge on any atom is -0.455 e. The van der Waals surface area contributed by atoms with E-state index >= 15 is 9.59 Å². The van der Waals surface area contributed by atoms with Crippen LogP contribution in [0.1, 0.15) is 177 Å². The van der Waals surface area contributed by atoms with E-state index in [4.69, 9.17) is 37.9 Å². The van der Waals surface area contributed by atoms with Gasteiger partial charge in [-0.25, -0.2) is 14.4 Å². The van der Waals surface area contributed by atoms with E-state index in [2.05, 4.69) is 24.4 Å². The summed E-state index contributed by atoms with van der Waals surface area (Å²) in [6.45, 7) is 8.80. The summed E-state index contributed by atoms with van der Waals surface area (Å²) < 4.78 is 48.1. The molecule has 2 saturated heterocycles. The SMILES string of the molecule is CCCCCCCC/C=C\CCCCCCCC1OC[C@H](COC(=O)O[C@@H](C(=O)O[C@H]2C[C@@]3(O)[C@@H](OC(=O)c4ccccc4)C4[C@]5(O)CO[C@@H]5C[C@H](O)[C@@]4(C)C(=O)[C@H](OC(C)=O)C(=C2C)C3(C)C)[C@@H](NC(=O)c2ccccc2)c2ccccc2)O1. The molecule has 2 aliphatic heterocycles. The summed E-state index contributed by atoms with van der Waals surface area (Å²) >= 11 is 0. The van der Waals surface area contributed by atoms with Gasteiger partial charge in [-0.15, -0.1) is 0 Å². The van der Waals surface area contributed by atoms with E-state index in [9.17, 15) is 34.5 Å². The summed E-state index contributed by atoms with van der Waals surface area (Å²) in [5.74, 6) is -6.25. The number of carbonyl (C=O) groups excluding carboxylic acids is 6. The topological polar surface area (TPSA) is 249 Å². The van der Waals surface area contributed by atoms with Crippen molar-refractivity contribution in [1.82, 2.24) is 5.32 Å². The lowest BCUT2D eigenvalue weighted by Crippen LogP contribution is -2.81. The second kappa shape index (κ2) is 28.9. The molecule has 3 aromatic carbocycles. The Morgan fingerprint density at radius 2 is 1.36 bits per heavy atom. The van der Waals surface area contributed by atoms with Crippen molar-refractivity contribution in [3.05, 3.63) is 131 Å². The third-order valence-electron chi connectivity index (χ3n) is 18.3. The zero-order valence-electron chi connectivity index (χ0n) is 50.1. The molecule has 2 saturated carbocycles. The average molecular weight is 1180 g/mol. The first kappa shape index (κ1) is 64.7. The molecule has 18 nitrogen and oxygen atoms in total. The highest BCUT2D eigenvalue weighted by Gasteiger charge is 2.77. The Labute approximate surface area is 499 Å². The van der Waals surface area contributed by atoms with Gasteiger partial charge in [-0.1, -0.05) is 151 Å². The third kappa shape index (κ3) is 14.6. The summed E-state index contributed by atoms with van der Waals surface area (Å²) in [4.78, 5) is 86.8. The number of ketones is 1. The fourth-order valence-corrected chi connectivity index (χ4v) is 13.3. The summed E-state index contributed by atoms with van der Waals surface area (Å²) in [6.07, 6.45) is 7.30. The number of aliphatic hydroxyl groups excluding tert-OH is 1. The number of hydrogen-bond acceptors (Lipinski definition) is 17. The Balaban J connectivity index is 1.04. The first-order valence-corrected chi connectivity index (χ1v) is 30.5. The molecule has 13 atom stereocenters. The molecule has 5 aliphatic rings. The molecule has 0 spiro atoms. The largest absolute Gasteiger partial charge is 0.509 e. The molecular formula is C67H87NO17. The molecular weight excluding hydrogens is 1090 g/mol. The van der Waals surface area contributed by atoms with E-state index < -0.39 is 125 Å². The molecule has 4 fully saturated rings. The van der Waals surface area contributed by atoms with Gasteiger partial charge in [-0.2, -0.15) is 0 Å². The second-order valence-electron chi connectivity index (χ2n) is 24.3. The summed E-state index contributed by atoms with van der Waals surface area (Å²) in [5, 5.41) is 41.6.